The van der Waals surface area contributed by atoms with E-state index < -0.39 is 18.0 Å². The number of nitrogens with zero attached hydrogens (tertiary/aromatic N) is 2. The first-order chi connectivity index (χ1) is 15.9. The SMILES string of the molecule is COc1cccc(C(=O)N(C2CC(=O)N(c3ccc(Cl)cc3)C2=O)C(C)c2ccccc2)c1. The van der Waals surface area contributed by atoms with E-state index in [1.54, 1.807) is 48.5 Å². The predicted molar refractivity (Wildman–Crippen MR) is 126 cm³/mol. The van der Waals surface area contributed by atoms with Crippen molar-refractivity contribution in [2.75, 3.05) is 12.0 Å². The van der Waals surface area contributed by atoms with Gasteiger partial charge >= 0.3 is 0 Å². The number of hydrogen-bond acceptors (Lipinski definition) is 4. The summed E-state index contributed by atoms with van der Waals surface area (Å²) in [6.07, 6.45) is -0.103. The molecule has 3 aromatic carbocycles. The number of benzene rings is 3. The lowest BCUT2D eigenvalue weighted by Gasteiger charge is -2.33. The molecule has 168 valence electrons. The second-order valence-electron chi connectivity index (χ2n) is 7.79. The molecule has 1 fully saturated rings. The van der Waals surface area contributed by atoms with Crippen LogP contribution in [0.3, 0.4) is 0 Å². The van der Waals surface area contributed by atoms with Crippen LogP contribution in [0, 0.1) is 0 Å². The third-order valence-corrected chi connectivity index (χ3v) is 6.05. The second-order valence-corrected chi connectivity index (χ2v) is 8.23. The third-order valence-electron chi connectivity index (χ3n) is 5.79. The fraction of sp³-hybridized carbons (Fsp3) is 0.192. The van der Waals surface area contributed by atoms with E-state index in [4.69, 9.17) is 16.3 Å². The maximum Gasteiger partial charge on any atom is 0.257 e. The monoisotopic (exact) mass is 462 g/mol. The summed E-state index contributed by atoms with van der Waals surface area (Å²) in [5.41, 5.74) is 1.67. The molecular weight excluding hydrogens is 440 g/mol. The Balaban J connectivity index is 1.74. The lowest BCUT2D eigenvalue weighted by atomic mass is 10.0. The average Bonchev–Trinajstić information content (AvgIpc) is 3.13. The number of carbonyl (C=O) groups is 3. The summed E-state index contributed by atoms with van der Waals surface area (Å²) in [4.78, 5) is 42.8. The summed E-state index contributed by atoms with van der Waals surface area (Å²) in [5, 5.41) is 0.502. The number of amides is 3. The summed E-state index contributed by atoms with van der Waals surface area (Å²) >= 11 is 5.96. The van der Waals surface area contributed by atoms with Crippen LogP contribution in [0.25, 0.3) is 0 Å². The van der Waals surface area contributed by atoms with Gasteiger partial charge in [0, 0.05) is 10.6 Å². The van der Waals surface area contributed by atoms with Gasteiger partial charge in [0.25, 0.3) is 11.8 Å². The number of rotatable bonds is 6. The number of hydrogen-bond donors (Lipinski definition) is 0. The van der Waals surface area contributed by atoms with Crippen molar-refractivity contribution in [1.29, 1.82) is 0 Å². The molecule has 0 N–H and O–H groups in total. The van der Waals surface area contributed by atoms with Crippen molar-refractivity contribution in [2.24, 2.45) is 0 Å². The highest BCUT2D eigenvalue weighted by Gasteiger charge is 2.46. The van der Waals surface area contributed by atoms with E-state index in [2.05, 4.69) is 0 Å². The maximum atomic E-state index is 13.7. The highest BCUT2D eigenvalue weighted by atomic mass is 35.5. The standard InChI is InChI=1S/C26H23ClN2O4/c1-17(18-7-4-3-5-8-18)28(25(31)19-9-6-10-22(15-19)33-2)23-16-24(30)29(26(23)32)21-13-11-20(27)12-14-21/h3-15,17,23H,16H2,1-2H3. The molecule has 0 bridgehead atoms. The molecule has 0 aliphatic carbocycles. The summed E-state index contributed by atoms with van der Waals surface area (Å²) in [6.45, 7) is 1.86. The van der Waals surface area contributed by atoms with Crippen molar-refractivity contribution in [1.82, 2.24) is 4.90 Å². The molecule has 3 amide bonds. The first-order valence-corrected chi connectivity index (χ1v) is 10.9. The highest BCUT2D eigenvalue weighted by molar-refractivity contribution is 6.31. The fourth-order valence-electron chi connectivity index (χ4n) is 4.08. The molecule has 7 heteroatoms. The van der Waals surface area contributed by atoms with Gasteiger partial charge in [-0.15, -0.1) is 0 Å². The van der Waals surface area contributed by atoms with Crippen molar-refractivity contribution in [3.05, 3.63) is 95.0 Å². The van der Waals surface area contributed by atoms with Gasteiger partial charge in [0.2, 0.25) is 5.91 Å². The summed E-state index contributed by atoms with van der Waals surface area (Å²) < 4.78 is 5.27. The minimum atomic E-state index is -0.943. The molecule has 1 heterocycles. The number of anilines is 1. The lowest BCUT2D eigenvalue weighted by Crippen LogP contribution is -2.46. The van der Waals surface area contributed by atoms with Crippen molar-refractivity contribution in [3.63, 3.8) is 0 Å². The highest BCUT2D eigenvalue weighted by Crippen LogP contribution is 2.33. The molecule has 1 aliphatic rings. The molecule has 0 saturated carbocycles. The first kappa shape index (κ1) is 22.6. The zero-order valence-electron chi connectivity index (χ0n) is 18.3. The Labute approximate surface area is 197 Å². The largest absolute Gasteiger partial charge is 0.497 e. The molecular formula is C26H23ClN2O4. The van der Waals surface area contributed by atoms with Crippen LogP contribution >= 0.6 is 11.6 Å². The Morgan fingerprint density at radius 1 is 1.03 bits per heavy atom. The van der Waals surface area contributed by atoms with Crippen LogP contribution in [-0.4, -0.2) is 35.8 Å². The van der Waals surface area contributed by atoms with Gasteiger partial charge in [0.1, 0.15) is 11.8 Å². The molecule has 4 rings (SSSR count). The molecule has 1 saturated heterocycles. The Hall–Kier alpha value is -3.64. The smallest absolute Gasteiger partial charge is 0.257 e. The number of ether oxygens (including phenoxy) is 1. The number of carbonyl (C=O) groups excluding carboxylic acids is 3. The zero-order valence-corrected chi connectivity index (χ0v) is 19.0. The zero-order chi connectivity index (χ0) is 23.5. The fourth-order valence-corrected chi connectivity index (χ4v) is 4.21. The Kier molecular flexibility index (Phi) is 6.47. The molecule has 1 aliphatic heterocycles. The minimum absolute atomic E-state index is 0.103. The maximum absolute atomic E-state index is 13.7. The van der Waals surface area contributed by atoms with Crippen molar-refractivity contribution >= 4 is 35.0 Å². The molecule has 6 nitrogen and oxygen atoms in total. The minimum Gasteiger partial charge on any atom is -0.497 e. The van der Waals surface area contributed by atoms with E-state index in [-0.39, 0.29) is 18.2 Å². The molecule has 0 aromatic heterocycles. The van der Waals surface area contributed by atoms with Gasteiger partial charge in [0.05, 0.1) is 25.3 Å². The molecule has 0 radical (unpaired) electrons. The average molecular weight is 463 g/mol. The van der Waals surface area contributed by atoms with Gasteiger partial charge in [-0.3, -0.25) is 14.4 Å². The molecule has 2 unspecified atom stereocenters. The van der Waals surface area contributed by atoms with E-state index in [1.165, 1.54) is 12.0 Å². The van der Waals surface area contributed by atoms with E-state index in [0.717, 1.165) is 10.5 Å². The van der Waals surface area contributed by atoms with Crippen LogP contribution in [0.15, 0.2) is 78.9 Å². The van der Waals surface area contributed by atoms with E-state index in [1.807, 2.05) is 37.3 Å². The molecule has 33 heavy (non-hydrogen) atoms. The molecule has 2 atom stereocenters. The summed E-state index contributed by atoms with van der Waals surface area (Å²) in [6, 6.07) is 21.3. The normalized spacial score (nSPS) is 16.6. The topological polar surface area (TPSA) is 66.9 Å². The molecule has 3 aromatic rings. The van der Waals surface area contributed by atoms with Gasteiger partial charge in [-0.1, -0.05) is 48.0 Å². The van der Waals surface area contributed by atoms with Crippen molar-refractivity contribution in [3.8, 4) is 5.75 Å². The van der Waals surface area contributed by atoms with Crippen LogP contribution in [0.1, 0.15) is 35.3 Å². The van der Waals surface area contributed by atoms with Gasteiger partial charge in [-0.05, 0) is 55.0 Å². The summed E-state index contributed by atoms with van der Waals surface area (Å²) in [5.74, 6) is -0.628. The third kappa shape index (κ3) is 4.47. The number of methoxy groups -OCH3 is 1. The number of halogens is 1. The van der Waals surface area contributed by atoms with E-state index in [9.17, 15) is 14.4 Å². The number of imide groups is 1. The molecule has 0 spiro atoms. The summed E-state index contributed by atoms with van der Waals surface area (Å²) in [7, 11) is 1.52. The van der Waals surface area contributed by atoms with Crippen molar-refractivity contribution < 1.29 is 19.1 Å². The Morgan fingerprint density at radius 3 is 2.39 bits per heavy atom. The van der Waals surface area contributed by atoms with E-state index in [0.29, 0.717) is 22.0 Å². The van der Waals surface area contributed by atoms with Gasteiger partial charge < -0.3 is 9.64 Å². The lowest BCUT2D eigenvalue weighted by molar-refractivity contribution is -0.122. The Bertz CT molecular complexity index is 1180. The van der Waals surface area contributed by atoms with Crippen LogP contribution in [0.4, 0.5) is 5.69 Å². The second kappa shape index (κ2) is 9.46. The van der Waals surface area contributed by atoms with Crippen LogP contribution in [-0.2, 0) is 9.59 Å². The van der Waals surface area contributed by atoms with Gasteiger partial charge in [-0.25, -0.2) is 4.90 Å². The van der Waals surface area contributed by atoms with E-state index >= 15 is 0 Å². The quantitative estimate of drug-likeness (QED) is 0.489. The van der Waals surface area contributed by atoms with Crippen LogP contribution in [0.5, 0.6) is 5.75 Å². The van der Waals surface area contributed by atoms with Gasteiger partial charge in [-0.2, -0.15) is 0 Å². The predicted octanol–water partition coefficient (Wildman–Crippen LogP) is 4.88. The van der Waals surface area contributed by atoms with Crippen LogP contribution < -0.4 is 9.64 Å². The van der Waals surface area contributed by atoms with Gasteiger partial charge in [0.15, 0.2) is 0 Å². The van der Waals surface area contributed by atoms with Crippen LogP contribution in [0.2, 0.25) is 5.02 Å². The first-order valence-electron chi connectivity index (χ1n) is 10.5. The Morgan fingerprint density at radius 2 is 1.73 bits per heavy atom. The van der Waals surface area contributed by atoms with Crippen molar-refractivity contribution in [2.45, 2.75) is 25.4 Å².